The number of hydrogen-bond donors (Lipinski definition) is 2. The van der Waals surface area contributed by atoms with Gasteiger partial charge in [0.2, 0.25) is 5.52 Å². The molecule has 0 spiro atoms. The highest BCUT2D eigenvalue weighted by atomic mass is 32.2. The molecule has 3 aromatic carbocycles. The van der Waals surface area contributed by atoms with Crippen molar-refractivity contribution in [3.05, 3.63) is 95.7 Å². The van der Waals surface area contributed by atoms with Gasteiger partial charge in [-0.1, -0.05) is 66.4 Å². The van der Waals surface area contributed by atoms with Crippen LogP contribution in [0.25, 0.3) is 27.8 Å². The lowest BCUT2D eigenvalue weighted by atomic mass is 10.1. The Morgan fingerprint density at radius 1 is 1.00 bits per heavy atom. The molecule has 5 rings (SSSR count). The first-order valence-corrected chi connectivity index (χ1v) is 12.1. The van der Waals surface area contributed by atoms with Gasteiger partial charge in [-0.05, 0) is 36.1 Å². The Balaban J connectivity index is 1.47. The van der Waals surface area contributed by atoms with Gasteiger partial charge in [0.15, 0.2) is 12.7 Å². The van der Waals surface area contributed by atoms with E-state index in [4.69, 9.17) is 0 Å². The van der Waals surface area contributed by atoms with E-state index in [0.29, 0.717) is 6.54 Å². The van der Waals surface area contributed by atoms with Crippen molar-refractivity contribution >= 4 is 45.2 Å². The molecular weight excluding hydrogens is 428 g/mol. The molecule has 0 amide bonds. The Morgan fingerprint density at radius 3 is 2.61 bits per heavy atom. The van der Waals surface area contributed by atoms with E-state index >= 15 is 0 Å². The molecule has 0 radical (unpaired) electrons. The third kappa shape index (κ3) is 4.15. The van der Waals surface area contributed by atoms with Crippen LogP contribution in [-0.4, -0.2) is 29.5 Å². The number of anilines is 1. The number of allylic oxidation sites excluding steroid dienone is 2. The molecule has 166 valence electrons. The van der Waals surface area contributed by atoms with E-state index in [9.17, 15) is 10.2 Å². The molecule has 4 aromatic rings. The van der Waals surface area contributed by atoms with E-state index in [2.05, 4.69) is 78.6 Å². The van der Waals surface area contributed by atoms with Gasteiger partial charge in [-0.15, -0.1) is 0 Å². The number of aromatic nitrogens is 1. The van der Waals surface area contributed by atoms with Crippen LogP contribution >= 0.6 is 11.8 Å². The second-order valence-electron chi connectivity index (χ2n) is 8.12. The summed E-state index contributed by atoms with van der Waals surface area (Å²) in [6.07, 6.45) is 7.64. The maximum Gasteiger partial charge on any atom is 0.213 e. The predicted octanol–water partition coefficient (Wildman–Crippen LogP) is 5.12. The third-order valence-corrected chi connectivity index (χ3v) is 7.14. The summed E-state index contributed by atoms with van der Waals surface area (Å²) in [6.45, 7) is 3.22. The predicted molar refractivity (Wildman–Crippen MR) is 137 cm³/mol. The van der Waals surface area contributed by atoms with Crippen LogP contribution in [0.4, 0.5) is 5.69 Å². The highest BCUT2D eigenvalue weighted by Gasteiger charge is 2.25. The van der Waals surface area contributed by atoms with Crippen LogP contribution < -0.4 is 9.47 Å². The smallest absolute Gasteiger partial charge is 0.213 e. The number of benzene rings is 3. The molecule has 4 nitrogen and oxygen atoms in total. The number of nitrogens with zero attached hydrogens (tertiary/aromatic N) is 2. The molecule has 33 heavy (non-hydrogen) atoms. The zero-order valence-corrected chi connectivity index (χ0v) is 19.4. The maximum absolute atomic E-state index is 9.89. The largest absolute Gasteiger partial charge is 0.393 e. The van der Waals surface area contributed by atoms with Crippen molar-refractivity contribution in [1.29, 1.82) is 0 Å². The summed E-state index contributed by atoms with van der Waals surface area (Å²) in [5.74, 6) is 0. The first-order chi connectivity index (χ1) is 16.2. The molecule has 1 unspecified atom stereocenters. The van der Waals surface area contributed by atoms with E-state index in [0.717, 1.165) is 23.0 Å². The molecule has 0 fully saturated rings. The Bertz CT molecular complexity index is 1380. The molecule has 0 saturated heterocycles. The topological polar surface area (TPSA) is 47.6 Å². The SMILES string of the molecule is CCN1C(=CC=Cc2cc[n+](CC(O)CO)c3ccccc23)Sc2ccc3ccccc3c21. The first-order valence-electron chi connectivity index (χ1n) is 11.2. The van der Waals surface area contributed by atoms with Crippen LogP contribution in [-0.2, 0) is 6.54 Å². The fourth-order valence-corrected chi connectivity index (χ4v) is 5.60. The minimum atomic E-state index is -0.776. The summed E-state index contributed by atoms with van der Waals surface area (Å²) >= 11 is 1.81. The second kappa shape index (κ2) is 9.40. The molecule has 1 aromatic heterocycles. The van der Waals surface area contributed by atoms with Gasteiger partial charge in [0.25, 0.3) is 0 Å². The number of thioether (sulfide) groups is 1. The maximum atomic E-state index is 9.89. The van der Waals surface area contributed by atoms with Crippen molar-refractivity contribution in [2.45, 2.75) is 24.5 Å². The average Bonchev–Trinajstić information content (AvgIpc) is 3.23. The van der Waals surface area contributed by atoms with Gasteiger partial charge in [0.1, 0.15) is 6.10 Å². The molecule has 1 aliphatic heterocycles. The van der Waals surface area contributed by atoms with Crippen molar-refractivity contribution in [3.8, 4) is 0 Å². The van der Waals surface area contributed by atoms with E-state index in [1.807, 2.05) is 40.7 Å². The molecule has 1 aliphatic rings. The van der Waals surface area contributed by atoms with Gasteiger partial charge in [-0.3, -0.25) is 0 Å². The van der Waals surface area contributed by atoms with E-state index in [1.165, 1.54) is 26.4 Å². The van der Waals surface area contributed by atoms with E-state index < -0.39 is 6.10 Å². The molecule has 5 heteroatoms. The fraction of sp³-hybridized carbons (Fsp3) is 0.179. The monoisotopic (exact) mass is 455 g/mol. The fourth-order valence-electron chi connectivity index (χ4n) is 4.44. The number of aliphatic hydroxyl groups is 2. The molecule has 1 atom stereocenters. The van der Waals surface area contributed by atoms with Gasteiger partial charge in [-0.25, -0.2) is 0 Å². The zero-order valence-electron chi connectivity index (χ0n) is 18.6. The van der Waals surface area contributed by atoms with E-state index in [-0.39, 0.29) is 6.61 Å². The van der Waals surface area contributed by atoms with Gasteiger partial charge in [-0.2, -0.15) is 4.57 Å². The van der Waals surface area contributed by atoms with Crippen LogP contribution in [0.5, 0.6) is 0 Å². The Hall–Kier alpha value is -3.12. The molecule has 2 N–H and O–H groups in total. The number of aliphatic hydroxyl groups excluding tert-OH is 2. The summed E-state index contributed by atoms with van der Waals surface area (Å²) in [5.41, 5.74) is 3.45. The first kappa shape index (κ1) is 21.7. The van der Waals surface area contributed by atoms with Crippen LogP contribution in [0.15, 0.2) is 95.0 Å². The molecule has 0 saturated carbocycles. The van der Waals surface area contributed by atoms with Crippen molar-refractivity contribution in [2.24, 2.45) is 0 Å². The lowest BCUT2D eigenvalue weighted by molar-refractivity contribution is -0.678. The second-order valence-corrected chi connectivity index (χ2v) is 9.18. The molecule has 0 bridgehead atoms. The number of fused-ring (bicyclic) bond motifs is 4. The minimum absolute atomic E-state index is 0.250. The summed E-state index contributed by atoms with van der Waals surface area (Å²) in [6, 6.07) is 23.2. The Labute approximate surface area is 198 Å². The number of rotatable bonds is 6. The van der Waals surface area contributed by atoms with Crippen molar-refractivity contribution < 1.29 is 14.8 Å². The molecular formula is C28H27N2O2S+. The number of hydrogen-bond acceptors (Lipinski definition) is 4. The van der Waals surface area contributed by atoms with Crippen molar-refractivity contribution in [2.75, 3.05) is 18.1 Å². The Kier molecular flexibility index (Phi) is 6.18. The van der Waals surface area contributed by atoms with Crippen LogP contribution in [0.1, 0.15) is 12.5 Å². The van der Waals surface area contributed by atoms with Crippen molar-refractivity contribution in [1.82, 2.24) is 0 Å². The van der Waals surface area contributed by atoms with Gasteiger partial charge in [0, 0.05) is 29.0 Å². The van der Waals surface area contributed by atoms with Crippen LogP contribution in [0.2, 0.25) is 0 Å². The third-order valence-electron chi connectivity index (χ3n) is 6.02. The molecule has 0 aliphatic carbocycles. The standard InChI is InChI=1S/C28H27N2O2S/c1-2-30-27(33-26-15-14-20-8-3-4-11-24(20)28(26)30)13-7-9-21-16-17-29(18-22(32)19-31)25-12-6-5-10-23(21)25/h3-17,22,31-32H,2,18-19H2,1H3/q+1. The van der Waals surface area contributed by atoms with Crippen LogP contribution in [0.3, 0.4) is 0 Å². The normalized spacial score (nSPS) is 15.7. The quantitative estimate of drug-likeness (QED) is 0.396. The average molecular weight is 456 g/mol. The number of para-hydroxylation sites is 1. The van der Waals surface area contributed by atoms with Gasteiger partial charge in [0.05, 0.1) is 22.7 Å². The lowest BCUT2D eigenvalue weighted by Crippen LogP contribution is -2.41. The highest BCUT2D eigenvalue weighted by Crippen LogP contribution is 2.49. The minimum Gasteiger partial charge on any atom is -0.393 e. The van der Waals surface area contributed by atoms with Gasteiger partial charge < -0.3 is 15.1 Å². The zero-order chi connectivity index (χ0) is 22.8. The lowest BCUT2D eigenvalue weighted by Gasteiger charge is -2.19. The van der Waals surface area contributed by atoms with E-state index in [1.54, 1.807) is 0 Å². The summed E-state index contributed by atoms with van der Waals surface area (Å²) < 4.78 is 1.99. The highest BCUT2D eigenvalue weighted by molar-refractivity contribution is 8.03. The summed E-state index contributed by atoms with van der Waals surface area (Å²) in [4.78, 5) is 3.68. The summed E-state index contributed by atoms with van der Waals surface area (Å²) in [5, 5.41) is 24.0. The number of pyridine rings is 1. The molecule has 2 heterocycles. The summed E-state index contributed by atoms with van der Waals surface area (Å²) in [7, 11) is 0. The van der Waals surface area contributed by atoms with Gasteiger partial charge >= 0.3 is 0 Å². The van der Waals surface area contributed by atoms with Crippen LogP contribution in [0, 0.1) is 0 Å². The van der Waals surface area contributed by atoms with Crippen molar-refractivity contribution in [3.63, 3.8) is 0 Å². The Morgan fingerprint density at radius 2 is 1.79 bits per heavy atom.